The number of benzene rings is 3. The molecular formula is C28H30F2N2O4. The summed E-state index contributed by atoms with van der Waals surface area (Å²) < 4.78 is 27.5. The Morgan fingerprint density at radius 2 is 1.58 bits per heavy atom. The van der Waals surface area contributed by atoms with Crippen molar-refractivity contribution in [1.29, 1.82) is 0 Å². The number of carboxylic acids is 1. The number of hydrogen-bond donors (Lipinski definition) is 4. The number of carbonyl (C=O) groups is 2. The zero-order chi connectivity index (χ0) is 26.2. The van der Waals surface area contributed by atoms with E-state index < -0.39 is 35.7 Å². The average Bonchev–Trinajstić information content (AvgIpc) is 2.82. The van der Waals surface area contributed by atoms with Crippen LogP contribution < -0.4 is 10.6 Å². The maximum atomic E-state index is 13.8. The maximum absolute atomic E-state index is 13.8. The van der Waals surface area contributed by atoms with Gasteiger partial charge in [0, 0.05) is 24.7 Å². The molecule has 0 bridgehead atoms. The van der Waals surface area contributed by atoms with Crippen LogP contribution in [0.2, 0.25) is 0 Å². The van der Waals surface area contributed by atoms with Crippen LogP contribution in [0.4, 0.5) is 8.78 Å². The molecule has 4 N–H and O–H groups in total. The van der Waals surface area contributed by atoms with Gasteiger partial charge in [-0.3, -0.25) is 4.79 Å². The van der Waals surface area contributed by atoms with Crippen molar-refractivity contribution < 1.29 is 28.6 Å². The van der Waals surface area contributed by atoms with E-state index in [1.165, 1.54) is 23.8 Å². The van der Waals surface area contributed by atoms with Crippen LogP contribution in [-0.4, -0.2) is 40.8 Å². The van der Waals surface area contributed by atoms with Crippen molar-refractivity contribution >= 4 is 11.9 Å². The highest BCUT2D eigenvalue weighted by molar-refractivity contribution is 5.98. The molecule has 0 heterocycles. The van der Waals surface area contributed by atoms with Crippen LogP contribution in [0.15, 0.2) is 60.7 Å². The fraction of sp³-hybridized carbons (Fsp3) is 0.286. The van der Waals surface area contributed by atoms with Crippen molar-refractivity contribution in [3.8, 4) is 0 Å². The third-order valence-corrected chi connectivity index (χ3v) is 5.83. The van der Waals surface area contributed by atoms with Crippen LogP contribution in [0.5, 0.6) is 0 Å². The lowest BCUT2D eigenvalue weighted by atomic mass is 9.99. The van der Waals surface area contributed by atoms with Gasteiger partial charge >= 0.3 is 5.97 Å². The van der Waals surface area contributed by atoms with Crippen LogP contribution in [0.1, 0.15) is 49.9 Å². The Morgan fingerprint density at radius 1 is 0.917 bits per heavy atom. The van der Waals surface area contributed by atoms with Crippen molar-refractivity contribution in [1.82, 2.24) is 10.6 Å². The van der Waals surface area contributed by atoms with E-state index in [4.69, 9.17) is 0 Å². The summed E-state index contributed by atoms with van der Waals surface area (Å²) in [5.74, 6) is -3.29. The molecule has 0 spiro atoms. The highest BCUT2D eigenvalue weighted by Crippen LogP contribution is 2.15. The topological polar surface area (TPSA) is 98.7 Å². The second kappa shape index (κ2) is 12.4. The number of hydrogen-bond acceptors (Lipinski definition) is 4. The van der Waals surface area contributed by atoms with Gasteiger partial charge in [-0.05, 0) is 72.4 Å². The van der Waals surface area contributed by atoms with Crippen molar-refractivity contribution in [2.75, 3.05) is 6.54 Å². The minimum absolute atomic E-state index is 0.0355. The zero-order valence-corrected chi connectivity index (χ0v) is 20.2. The number of carbonyl (C=O) groups excluding carboxylic acids is 1. The molecule has 8 heteroatoms. The Hall–Kier alpha value is -3.62. The van der Waals surface area contributed by atoms with E-state index in [1.807, 2.05) is 18.2 Å². The predicted molar refractivity (Wildman–Crippen MR) is 133 cm³/mol. The molecule has 0 aliphatic heterocycles. The Labute approximate surface area is 209 Å². The second-order valence-electron chi connectivity index (χ2n) is 8.83. The average molecular weight is 497 g/mol. The Balaban J connectivity index is 1.76. The number of nitrogens with one attached hydrogen (secondary N) is 2. The van der Waals surface area contributed by atoms with Crippen molar-refractivity contribution in [2.45, 2.75) is 45.4 Å². The number of halogens is 2. The van der Waals surface area contributed by atoms with Gasteiger partial charge in [0.1, 0.15) is 11.6 Å². The highest BCUT2D eigenvalue weighted by Gasteiger charge is 2.23. The fourth-order valence-electron chi connectivity index (χ4n) is 4.02. The summed E-state index contributed by atoms with van der Waals surface area (Å²) in [7, 11) is 0. The smallest absolute Gasteiger partial charge is 0.335 e. The number of aliphatic hydroxyl groups is 1. The molecule has 1 amide bonds. The van der Waals surface area contributed by atoms with Crippen LogP contribution >= 0.6 is 0 Å². The van der Waals surface area contributed by atoms with Crippen molar-refractivity contribution in [3.63, 3.8) is 0 Å². The quantitative estimate of drug-likeness (QED) is 0.321. The molecule has 2 atom stereocenters. The van der Waals surface area contributed by atoms with Gasteiger partial charge < -0.3 is 20.8 Å². The van der Waals surface area contributed by atoms with E-state index in [1.54, 1.807) is 6.92 Å². The molecule has 3 aromatic carbocycles. The number of aliphatic hydroxyl groups excluding tert-OH is 1. The Bertz CT molecular complexity index is 1210. The van der Waals surface area contributed by atoms with E-state index in [-0.39, 0.29) is 29.7 Å². The van der Waals surface area contributed by atoms with E-state index in [9.17, 15) is 28.6 Å². The van der Waals surface area contributed by atoms with Crippen LogP contribution in [0.3, 0.4) is 0 Å². The third kappa shape index (κ3) is 7.69. The van der Waals surface area contributed by atoms with E-state index in [0.29, 0.717) is 12.1 Å². The molecule has 0 aliphatic rings. The zero-order valence-electron chi connectivity index (χ0n) is 20.2. The number of carboxylic acid groups (broad SMARTS) is 1. The first kappa shape index (κ1) is 27.0. The Kier molecular flexibility index (Phi) is 9.27. The molecule has 6 nitrogen and oxygen atoms in total. The molecule has 36 heavy (non-hydrogen) atoms. The second-order valence-corrected chi connectivity index (χ2v) is 8.83. The molecule has 3 aromatic rings. The van der Waals surface area contributed by atoms with E-state index in [0.717, 1.165) is 30.2 Å². The summed E-state index contributed by atoms with van der Waals surface area (Å²) >= 11 is 0. The van der Waals surface area contributed by atoms with Gasteiger partial charge in [-0.25, -0.2) is 13.6 Å². The summed E-state index contributed by atoms with van der Waals surface area (Å²) in [6.45, 7) is 4.32. The summed E-state index contributed by atoms with van der Waals surface area (Å²) in [6.07, 6.45) is -0.234. The molecule has 0 aromatic heterocycles. The SMILES string of the molecule is CCc1cccc(CNC[C@H](O)[C@H](Cc2cc(F)cc(F)c2)NC(=O)c2cc(C)cc(C(=O)O)c2)c1. The summed E-state index contributed by atoms with van der Waals surface area (Å²) in [5.41, 5.74) is 3.14. The monoisotopic (exact) mass is 496 g/mol. The lowest BCUT2D eigenvalue weighted by Crippen LogP contribution is -2.48. The standard InChI is InChI=1S/C28H30F2N2O4/c1-3-18-5-4-6-19(9-18)15-31-16-26(33)25(12-20-10-23(29)14-24(30)11-20)32-27(34)21-7-17(2)8-22(13-21)28(35)36/h4-11,13-14,25-26,31,33H,3,12,15-16H2,1-2H3,(H,32,34)(H,35,36)/t25-,26-/m0/s1. The van der Waals surface area contributed by atoms with Gasteiger partial charge in [0.15, 0.2) is 0 Å². The molecule has 0 saturated carbocycles. The minimum atomic E-state index is -1.17. The van der Waals surface area contributed by atoms with Crippen LogP contribution in [-0.2, 0) is 19.4 Å². The number of aryl methyl sites for hydroxylation is 2. The Morgan fingerprint density at radius 3 is 2.25 bits per heavy atom. The van der Waals surface area contributed by atoms with Gasteiger partial charge in [-0.15, -0.1) is 0 Å². The van der Waals surface area contributed by atoms with Crippen molar-refractivity contribution in [2.24, 2.45) is 0 Å². The first-order valence-corrected chi connectivity index (χ1v) is 11.7. The summed E-state index contributed by atoms with van der Waals surface area (Å²) in [5, 5.41) is 26.1. The van der Waals surface area contributed by atoms with Gasteiger partial charge in [0.05, 0.1) is 17.7 Å². The molecule has 0 saturated heterocycles. The molecule has 0 unspecified atom stereocenters. The van der Waals surface area contributed by atoms with Gasteiger partial charge in [0.2, 0.25) is 0 Å². The molecule has 0 radical (unpaired) electrons. The first-order chi connectivity index (χ1) is 17.1. The number of rotatable bonds is 11. The number of aromatic carboxylic acids is 1. The molecule has 0 aliphatic carbocycles. The molecule has 3 rings (SSSR count). The van der Waals surface area contributed by atoms with Crippen LogP contribution in [0.25, 0.3) is 0 Å². The first-order valence-electron chi connectivity index (χ1n) is 11.7. The molecule has 190 valence electrons. The molecular weight excluding hydrogens is 466 g/mol. The van der Waals surface area contributed by atoms with Gasteiger partial charge in [0.25, 0.3) is 5.91 Å². The summed E-state index contributed by atoms with van der Waals surface area (Å²) in [4.78, 5) is 24.4. The van der Waals surface area contributed by atoms with Gasteiger partial charge in [-0.1, -0.05) is 31.2 Å². The minimum Gasteiger partial charge on any atom is -0.478 e. The largest absolute Gasteiger partial charge is 0.478 e. The van der Waals surface area contributed by atoms with Crippen molar-refractivity contribution in [3.05, 3.63) is 106 Å². The van der Waals surface area contributed by atoms with E-state index in [2.05, 4.69) is 23.6 Å². The number of amides is 1. The maximum Gasteiger partial charge on any atom is 0.335 e. The highest BCUT2D eigenvalue weighted by atomic mass is 19.1. The van der Waals surface area contributed by atoms with Gasteiger partial charge in [-0.2, -0.15) is 0 Å². The predicted octanol–water partition coefficient (Wildman–Crippen LogP) is 4.03. The third-order valence-electron chi connectivity index (χ3n) is 5.83. The lowest BCUT2D eigenvalue weighted by Gasteiger charge is -2.25. The molecule has 0 fully saturated rings. The summed E-state index contributed by atoms with van der Waals surface area (Å²) in [6, 6.07) is 14.4. The lowest BCUT2D eigenvalue weighted by molar-refractivity contribution is 0.0696. The van der Waals surface area contributed by atoms with E-state index >= 15 is 0 Å². The van der Waals surface area contributed by atoms with Crippen LogP contribution in [0, 0.1) is 18.6 Å². The fourth-order valence-corrected chi connectivity index (χ4v) is 4.02. The normalized spacial score (nSPS) is 12.7.